The molecule has 0 aromatic carbocycles. The number of nitrogens with one attached hydrogen (secondary N) is 1. The highest BCUT2D eigenvalue weighted by atomic mass is 32.1. The lowest BCUT2D eigenvalue weighted by atomic mass is 9.82. The molecule has 3 nitrogen and oxygen atoms in total. The van der Waals surface area contributed by atoms with Crippen LogP contribution in [0, 0.1) is 5.92 Å². The fourth-order valence-corrected chi connectivity index (χ4v) is 3.60. The van der Waals surface area contributed by atoms with Crippen molar-refractivity contribution in [1.82, 2.24) is 5.32 Å². The zero-order valence-electron chi connectivity index (χ0n) is 11.4. The highest BCUT2D eigenvalue weighted by Crippen LogP contribution is 2.28. The maximum absolute atomic E-state index is 12.2. The number of carbonyl (C=O) groups excluding carboxylic acids is 1. The number of rotatable bonds is 4. The van der Waals surface area contributed by atoms with Crippen molar-refractivity contribution in [3.63, 3.8) is 0 Å². The topological polar surface area (TPSA) is 42.2 Å². The van der Waals surface area contributed by atoms with E-state index >= 15 is 0 Å². The molecule has 1 aliphatic rings. The average Bonchev–Trinajstić information content (AvgIpc) is 3.13. The predicted molar refractivity (Wildman–Crippen MR) is 79.9 cm³/mol. The molecule has 4 heteroatoms. The third-order valence-corrected chi connectivity index (χ3v) is 4.88. The molecule has 1 N–H and O–H groups in total. The molecule has 1 saturated carbocycles. The van der Waals surface area contributed by atoms with Crippen LogP contribution < -0.4 is 5.32 Å². The quantitative estimate of drug-likeness (QED) is 0.928. The normalized spacial score (nSPS) is 22.6. The number of hydrogen-bond acceptors (Lipinski definition) is 3. The molecule has 20 heavy (non-hydrogen) atoms. The summed E-state index contributed by atoms with van der Waals surface area (Å²) in [5.41, 5.74) is 0. The monoisotopic (exact) mass is 289 g/mol. The molecule has 106 valence electrons. The molecule has 0 aliphatic heterocycles. The lowest BCUT2D eigenvalue weighted by Crippen LogP contribution is -2.42. The zero-order valence-corrected chi connectivity index (χ0v) is 12.2. The minimum Gasteiger partial charge on any atom is -0.469 e. The van der Waals surface area contributed by atoms with Gasteiger partial charge >= 0.3 is 0 Å². The van der Waals surface area contributed by atoms with E-state index in [2.05, 4.69) is 5.32 Å². The Morgan fingerprint density at radius 1 is 1.30 bits per heavy atom. The maximum Gasteiger partial charge on any atom is 0.261 e. The zero-order chi connectivity index (χ0) is 13.8. The van der Waals surface area contributed by atoms with Gasteiger partial charge in [0.25, 0.3) is 5.91 Å². The van der Waals surface area contributed by atoms with E-state index in [9.17, 15) is 4.79 Å². The van der Waals surface area contributed by atoms with E-state index < -0.39 is 0 Å². The van der Waals surface area contributed by atoms with Crippen LogP contribution in [-0.4, -0.2) is 11.9 Å². The van der Waals surface area contributed by atoms with Crippen LogP contribution in [0.5, 0.6) is 0 Å². The molecule has 1 amide bonds. The summed E-state index contributed by atoms with van der Waals surface area (Å²) in [6.45, 7) is 0. The fourth-order valence-electron chi connectivity index (χ4n) is 2.98. The number of carbonyl (C=O) groups is 1. The van der Waals surface area contributed by atoms with E-state index in [1.54, 1.807) is 6.26 Å². The molecule has 1 fully saturated rings. The van der Waals surface area contributed by atoms with E-state index in [0.29, 0.717) is 5.92 Å². The Balaban J connectivity index is 1.64. The third-order valence-electron chi connectivity index (χ3n) is 4.01. The first-order valence-corrected chi connectivity index (χ1v) is 8.07. The van der Waals surface area contributed by atoms with Crippen molar-refractivity contribution in [3.05, 3.63) is 46.5 Å². The molecular formula is C16H19NO2S. The third kappa shape index (κ3) is 3.12. The minimum absolute atomic E-state index is 0.0661. The summed E-state index contributed by atoms with van der Waals surface area (Å²) in [5, 5.41) is 5.15. The van der Waals surface area contributed by atoms with Gasteiger partial charge in [0.15, 0.2) is 0 Å². The van der Waals surface area contributed by atoms with Gasteiger partial charge in [-0.1, -0.05) is 18.9 Å². The van der Waals surface area contributed by atoms with E-state index in [1.165, 1.54) is 24.2 Å². The standard InChI is InChI=1S/C16H19NO2S/c18-16(15-8-4-10-20-15)17-14-7-2-1-5-12(14)11-13-6-3-9-19-13/h3-4,6,8-10,12,14H,1-2,5,7,11H2,(H,17,18)/t12-,14-/m0/s1. The Labute approximate surface area is 123 Å². The summed E-state index contributed by atoms with van der Waals surface area (Å²) >= 11 is 1.50. The smallest absolute Gasteiger partial charge is 0.261 e. The molecule has 2 heterocycles. The molecule has 0 bridgehead atoms. The van der Waals surface area contributed by atoms with Crippen molar-refractivity contribution >= 4 is 17.2 Å². The summed E-state index contributed by atoms with van der Waals surface area (Å²) in [7, 11) is 0. The van der Waals surface area contributed by atoms with E-state index in [0.717, 1.165) is 29.9 Å². The van der Waals surface area contributed by atoms with Crippen LogP contribution in [0.15, 0.2) is 40.3 Å². The predicted octanol–water partition coefficient (Wildman–Crippen LogP) is 3.87. The fraction of sp³-hybridized carbons (Fsp3) is 0.438. The van der Waals surface area contributed by atoms with Gasteiger partial charge in [0.1, 0.15) is 5.76 Å². The molecule has 0 saturated heterocycles. The first-order valence-electron chi connectivity index (χ1n) is 7.19. The van der Waals surface area contributed by atoms with E-state index in [4.69, 9.17) is 4.42 Å². The summed E-state index contributed by atoms with van der Waals surface area (Å²) in [6.07, 6.45) is 7.32. The lowest BCUT2D eigenvalue weighted by Gasteiger charge is -2.31. The van der Waals surface area contributed by atoms with Gasteiger partial charge in [0.2, 0.25) is 0 Å². The van der Waals surface area contributed by atoms with Crippen molar-refractivity contribution in [2.75, 3.05) is 0 Å². The van der Waals surface area contributed by atoms with Gasteiger partial charge in [-0.2, -0.15) is 0 Å². The van der Waals surface area contributed by atoms with Crippen molar-refractivity contribution in [1.29, 1.82) is 0 Å². The molecule has 2 atom stereocenters. The highest BCUT2D eigenvalue weighted by molar-refractivity contribution is 7.12. The second-order valence-electron chi connectivity index (χ2n) is 5.39. The van der Waals surface area contributed by atoms with Crippen LogP contribution in [0.4, 0.5) is 0 Å². The largest absolute Gasteiger partial charge is 0.469 e. The minimum atomic E-state index is 0.0661. The molecule has 0 spiro atoms. The molecular weight excluding hydrogens is 270 g/mol. The molecule has 0 radical (unpaired) electrons. The summed E-state index contributed by atoms with van der Waals surface area (Å²) in [5.74, 6) is 1.57. The summed E-state index contributed by atoms with van der Waals surface area (Å²) in [6, 6.07) is 8.01. The number of amides is 1. The Hall–Kier alpha value is -1.55. The van der Waals surface area contributed by atoms with Crippen molar-refractivity contribution < 1.29 is 9.21 Å². The van der Waals surface area contributed by atoms with Crippen LogP contribution in [-0.2, 0) is 6.42 Å². The van der Waals surface area contributed by atoms with Gasteiger partial charge in [0.05, 0.1) is 11.1 Å². The van der Waals surface area contributed by atoms with Crippen LogP contribution in [0.25, 0.3) is 0 Å². The summed E-state index contributed by atoms with van der Waals surface area (Å²) in [4.78, 5) is 13.0. The highest BCUT2D eigenvalue weighted by Gasteiger charge is 2.27. The van der Waals surface area contributed by atoms with Gasteiger partial charge in [-0.15, -0.1) is 11.3 Å². The van der Waals surface area contributed by atoms with Gasteiger partial charge in [-0.3, -0.25) is 4.79 Å². The first kappa shape index (κ1) is 13.4. The number of hydrogen-bond donors (Lipinski definition) is 1. The SMILES string of the molecule is O=C(N[C@H]1CCCC[C@H]1Cc1ccco1)c1cccs1. The maximum atomic E-state index is 12.2. The Morgan fingerprint density at radius 3 is 2.95 bits per heavy atom. The molecule has 2 aromatic rings. The number of thiophene rings is 1. The first-order chi connectivity index (χ1) is 9.83. The molecule has 3 rings (SSSR count). The van der Waals surface area contributed by atoms with Crippen molar-refractivity contribution in [3.8, 4) is 0 Å². The van der Waals surface area contributed by atoms with Gasteiger partial charge in [-0.25, -0.2) is 0 Å². The number of furan rings is 1. The van der Waals surface area contributed by atoms with Crippen molar-refractivity contribution in [2.24, 2.45) is 5.92 Å². The van der Waals surface area contributed by atoms with E-state index in [1.807, 2.05) is 29.6 Å². The van der Waals surface area contributed by atoms with E-state index in [-0.39, 0.29) is 11.9 Å². The van der Waals surface area contributed by atoms with Crippen molar-refractivity contribution in [2.45, 2.75) is 38.1 Å². The Bertz CT molecular complexity index is 533. The second-order valence-corrected chi connectivity index (χ2v) is 6.33. The lowest BCUT2D eigenvalue weighted by molar-refractivity contribution is 0.0908. The molecule has 1 aliphatic carbocycles. The average molecular weight is 289 g/mol. The molecule has 2 aromatic heterocycles. The van der Waals surface area contributed by atoms with Gasteiger partial charge < -0.3 is 9.73 Å². The van der Waals surface area contributed by atoms with Crippen LogP contribution in [0.2, 0.25) is 0 Å². The van der Waals surface area contributed by atoms with Gasteiger partial charge in [-0.05, 0) is 42.3 Å². The molecule has 0 unspecified atom stereocenters. The second kappa shape index (κ2) is 6.27. The van der Waals surface area contributed by atoms with Crippen LogP contribution >= 0.6 is 11.3 Å². The Morgan fingerprint density at radius 2 is 2.20 bits per heavy atom. The van der Waals surface area contributed by atoms with Crippen LogP contribution in [0.1, 0.15) is 41.1 Å². The Kier molecular flexibility index (Phi) is 4.21. The van der Waals surface area contributed by atoms with Crippen LogP contribution in [0.3, 0.4) is 0 Å². The van der Waals surface area contributed by atoms with Gasteiger partial charge in [0, 0.05) is 12.5 Å². The summed E-state index contributed by atoms with van der Waals surface area (Å²) < 4.78 is 5.45.